The van der Waals surface area contributed by atoms with E-state index in [-0.39, 0.29) is 23.6 Å². The summed E-state index contributed by atoms with van der Waals surface area (Å²) in [4.78, 5) is 19.3. The highest BCUT2D eigenvalue weighted by molar-refractivity contribution is 7.09. The first-order chi connectivity index (χ1) is 11.7. The Morgan fingerprint density at radius 2 is 2.00 bits per heavy atom. The van der Waals surface area contributed by atoms with Gasteiger partial charge in [-0.3, -0.25) is 4.57 Å². The highest BCUT2D eigenvalue weighted by Crippen LogP contribution is 2.41. The minimum absolute atomic E-state index is 0.0125. The Balaban J connectivity index is 2.02. The molecule has 3 rings (SSSR count). The molecular weight excluding hydrogens is 352 g/mol. The van der Waals surface area contributed by atoms with Gasteiger partial charge in [-0.2, -0.15) is 4.99 Å². The molecule has 9 heteroatoms. The first-order valence-electron chi connectivity index (χ1n) is 7.57. The molecule has 0 N–H and O–H groups in total. The van der Waals surface area contributed by atoms with E-state index in [1.807, 2.05) is 20.8 Å². The molecule has 2 amide bonds. The molecule has 2 heterocycles. The monoisotopic (exact) mass is 369 g/mol. The van der Waals surface area contributed by atoms with Gasteiger partial charge in [0, 0.05) is 30.2 Å². The number of urea groups is 1. The molecule has 0 bridgehead atoms. The van der Waals surface area contributed by atoms with Crippen LogP contribution in [-0.4, -0.2) is 34.9 Å². The number of rotatable bonds is 2. The highest BCUT2D eigenvalue weighted by Gasteiger charge is 2.43. The van der Waals surface area contributed by atoms with Crippen LogP contribution in [0.3, 0.4) is 0 Å². The van der Waals surface area contributed by atoms with Crippen molar-refractivity contribution in [3.63, 3.8) is 0 Å². The Hall–Kier alpha value is -2.42. The number of amides is 2. The van der Waals surface area contributed by atoms with Crippen LogP contribution in [0.5, 0.6) is 11.5 Å². The lowest BCUT2D eigenvalue weighted by molar-refractivity contribution is -0.286. The summed E-state index contributed by atoms with van der Waals surface area (Å²) < 4.78 is 36.9. The molecule has 134 valence electrons. The summed E-state index contributed by atoms with van der Waals surface area (Å²) in [5, 5.41) is 0. The third-order valence-electron chi connectivity index (χ3n) is 3.70. The van der Waals surface area contributed by atoms with Crippen molar-refractivity contribution in [2.24, 2.45) is 4.99 Å². The summed E-state index contributed by atoms with van der Waals surface area (Å²) in [6.45, 7) is 5.65. The zero-order valence-corrected chi connectivity index (χ0v) is 14.9. The Labute approximate surface area is 146 Å². The van der Waals surface area contributed by atoms with Crippen molar-refractivity contribution in [3.05, 3.63) is 34.1 Å². The number of halogens is 2. The predicted molar refractivity (Wildman–Crippen MR) is 88.4 cm³/mol. The molecule has 1 aliphatic heterocycles. The van der Waals surface area contributed by atoms with Gasteiger partial charge in [0.05, 0.1) is 5.69 Å². The molecule has 6 nitrogen and oxygen atoms in total. The van der Waals surface area contributed by atoms with E-state index in [1.54, 1.807) is 23.9 Å². The van der Waals surface area contributed by atoms with Crippen LogP contribution in [0.15, 0.2) is 29.4 Å². The van der Waals surface area contributed by atoms with Crippen LogP contribution in [0.1, 0.15) is 18.7 Å². The lowest BCUT2D eigenvalue weighted by Gasteiger charge is -2.18. The first kappa shape index (κ1) is 17.4. The Bertz CT molecular complexity index is 889. The number of nitrogens with zero attached hydrogens (tertiary/aromatic N) is 3. The molecule has 0 fully saturated rings. The van der Waals surface area contributed by atoms with Crippen LogP contribution in [-0.2, 0) is 0 Å². The van der Waals surface area contributed by atoms with Crippen molar-refractivity contribution in [1.29, 1.82) is 0 Å². The van der Waals surface area contributed by atoms with E-state index in [1.165, 1.54) is 28.4 Å². The third-order valence-corrected chi connectivity index (χ3v) is 4.60. The molecule has 0 spiro atoms. The molecule has 0 aliphatic carbocycles. The lowest BCUT2D eigenvalue weighted by Crippen LogP contribution is -2.32. The van der Waals surface area contributed by atoms with Gasteiger partial charge in [0.2, 0.25) is 0 Å². The second-order valence-electron chi connectivity index (χ2n) is 5.89. The molecule has 0 saturated carbocycles. The van der Waals surface area contributed by atoms with E-state index in [0.717, 1.165) is 4.88 Å². The Morgan fingerprint density at radius 3 is 2.68 bits per heavy atom. The zero-order valence-electron chi connectivity index (χ0n) is 14.1. The molecule has 1 aliphatic rings. The molecule has 25 heavy (non-hydrogen) atoms. The smallest absolute Gasteiger partial charge is 0.395 e. The average molecular weight is 369 g/mol. The summed E-state index contributed by atoms with van der Waals surface area (Å²) in [5.74, 6) is -0.0918. The van der Waals surface area contributed by atoms with E-state index in [0.29, 0.717) is 10.5 Å². The summed E-state index contributed by atoms with van der Waals surface area (Å²) in [5.41, 5.74) is 0.545. The third kappa shape index (κ3) is 3.51. The number of hydrogen-bond donors (Lipinski definition) is 0. The maximum atomic E-state index is 13.2. The van der Waals surface area contributed by atoms with Crippen molar-refractivity contribution in [2.45, 2.75) is 33.1 Å². The minimum atomic E-state index is -3.67. The van der Waals surface area contributed by atoms with Gasteiger partial charge in [-0.25, -0.2) is 4.79 Å². The molecule has 0 atom stereocenters. The van der Waals surface area contributed by atoms with Crippen LogP contribution < -0.4 is 14.3 Å². The fraction of sp³-hybridized carbons (Fsp3) is 0.375. The van der Waals surface area contributed by atoms with Crippen molar-refractivity contribution in [3.8, 4) is 17.2 Å². The number of carbonyl (C=O) groups excluding carboxylic acids is 1. The highest BCUT2D eigenvalue weighted by atomic mass is 32.1. The van der Waals surface area contributed by atoms with Crippen molar-refractivity contribution < 1.29 is 23.0 Å². The van der Waals surface area contributed by atoms with E-state index in [9.17, 15) is 13.6 Å². The first-order valence-corrected chi connectivity index (χ1v) is 8.39. The molecule has 1 aromatic heterocycles. The van der Waals surface area contributed by atoms with Crippen LogP contribution in [0.25, 0.3) is 5.69 Å². The average Bonchev–Trinajstić information content (AvgIpc) is 3.02. The van der Waals surface area contributed by atoms with Crippen molar-refractivity contribution in [2.75, 3.05) is 7.05 Å². The summed E-state index contributed by atoms with van der Waals surface area (Å²) in [7, 11) is 1.67. The summed E-state index contributed by atoms with van der Waals surface area (Å²) in [6.07, 6.45) is -1.89. The minimum Gasteiger partial charge on any atom is -0.395 e. The van der Waals surface area contributed by atoms with Crippen LogP contribution in [0.4, 0.5) is 13.6 Å². The number of alkyl halides is 2. The molecule has 0 radical (unpaired) electrons. The maximum absolute atomic E-state index is 13.2. The fourth-order valence-electron chi connectivity index (χ4n) is 2.19. The quantitative estimate of drug-likeness (QED) is 0.814. The van der Waals surface area contributed by atoms with E-state index in [4.69, 9.17) is 0 Å². The number of fused-ring (bicyclic) bond motifs is 1. The molecular formula is C16H17F2N3O3S. The van der Waals surface area contributed by atoms with Crippen molar-refractivity contribution >= 4 is 17.4 Å². The second kappa shape index (κ2) is 6.14. The second-order valence-corrected chi connectivity index (χ2v) is 7.11. The van der Waals surface area contributed by atoms with E-state index in [2.05, 4.69) is 14.5 Å². The lowest BCUT2D eigenvalue weighted by atomic mass is 10.3. The van der Waals surface area contributed by atoms with Gasteiger partial charge in [0.1, 0.15) is 0 Å². The van der Waals surface area contributed by atoms with E-state index < -0.39 is 6.29 Å². The fourth-order valence-corrected chi connectivity index (χ4v) is 3.01. The van der Waals surface area contributed by atoms with Gasteiger partial charge in [-0.1, -0.05) is 0 Å². The SMILES string of the molecule is Cc1cn(-c2ccc3c(c2)OC(F)(F)O3)/c(=N/C(=O)N(C)C(C)C)s1. The molecule has 2 aromatic rings. The topological polar surface area (TPSA) is 56.1 Å². The number of benzene rings is 1. The van der Waals surface area contributed by atoms with Gasteiger partial charge in [0.15, 0.2) is 16.3 Å². The number of aryl methyl sites for hydroxylation is 1. The maximum Gasteiger partial charge on any atom is 0.586 e. The van der Waals surface area contributed by atoms with Gasteiger partial charge < -0.3 is 14.4 Å². The standard InChI is InChI=1S/C16H17F2N3O3S/c1-9(2)20(4)14(22)19-15-21(8-10(3)25-15)11-5-6-12-13(7-11)24-16(17,18)23-12/h5-9H,1-4H3/b19-15-. The number of ether oxygens (including phenoxy) is 2. The summed E-state index contributed by atoms with van der Waals surface area (Å²) in [6, 6.07) is 4.07. The largest absolute Gasteiger partial charge is 0.586 e. The van der Waals surface area contributed by atoms with Gasteiger partial charge in [-0.15, -0.1) is 20.1 Å². The van der Waals surface area contributed by atoms with Gasteiger partial charge in [-0.05, 0) is 32.9 Å². The van der Waals surface area contributed by atoms with Gasteiger partial charge in [0.25, 0.3) is 0 Å². The molecule has 0 unspecified atom stereocenters. The number of carbonyl (C=O) groups is 1. The Morgan fingerprint density at radius 1 is 1.32 bits per heavy atom. The number of hydrogen-bond acceptors (Lipinski definition) is 4. The van der Waals surface area contributed by atoms with Crippen LogP contribution >= 0.6 is 11.3 Å². The predicted octanol–water partition coefficient (Wildman–Crippen LogP) is 3.53. The number of aromatic nitrogens is 1. The normalized spacial score (nSPS) is 15.7. The van der Waals surface area contributed by atoms with Crippen LogP contribution in [0, 0.1) is 6.92 Å². The van der Waals surface area contributed by atoms with E-state index >= 15 is 0 Å². The zero-order chi connectivity index (χ0) is 18.4. The summed E-state index contributed by atoms with van der Waals surface area (Å²) >= 11 is 1.33. The van der Waals surface area contributed by atoms with Gasteiger partial charge >= 0.3 is 12.3 Å². The van der Waals surface area contributed by atoms with Crippen molar-refractivity contribution in [1.82, 2.24) is 9.47 Å². The Kier molecular flexibility index (Phi) is 4.28. The number of thiazole rings is 1. The molecule has 1 aromatic carbocycles. The van der Waals surface area contributed by atoms with Crippen LogP contribution in [0.2, 0.25) is 0 Å². The molecule has 0 saturated heterocycles.